The van der Waals surface area contributed by atoms with Gasteiger partial charge in [-0.15, -0.1) is 0 Å². The molecule has 0 radical (unpaired) electrons. The number of hydrogen-bond donors (Lipinski definition) is 0. The van der Waals surface area contributed by atoms with Gasteiger partial charge >= 0.3 is 0 Å². The first-order chi connectivity index (χ1) is 13.5. The number of rotatable bonds is 4. The van der Waals surface area contributed by atoms with Crippen LogP contribution in [0, 0.1) is 35.2 Å². The number of benzene rings is 2. The first-order valence-electron chi connectivity index (χ1n) is 10.3. The summed E-state index contributed by atoms with van der Waals surface area (Å²) in [6.07, 6.45) is 7.99. The predicted octanol–water partition coefficient (Wildman–Crippen LogP) is 7.14. The van der Waals surface area contributed by atoms with Crippen LogP contribution in [0.5, 0.6) is 5.75 Å². The van der Waals surface area contributed by atoms with E-state index in [2.05, 4.69) is 13.5 Å². The average Bonchev–Trinajstić information content (AvgIpc) is 2.69. The molecule has 4 atom stereocenters. The van der Waals surface area contributed by atoms with E-state index >= 15 is 0 Å². The molecule has 1 nitrogen and oxygen atoms in total. The van der Waals surface area contributed by atoms with Crippen LogP contribution in [-0.4, -0.2) is 6.61 Å². The smallest absolute Gasteiger partial charge is 0.175 e. The van der Waals surface area contributed by atoms with Crippen molar-refractivity contribution in [3.63, 3.8) is 0 Å². The Labute approximate surface area is 164 Å². The van der Waals surface area contributed by atoms with Crippen molar-refractivity contribution in [3.8, 4) is 5.75 Å². The second-order valence-electron chi connectivity index (χ2n) is 8.62. The summed E-state index contributed by atoms with van der Waals surface area (Å²) in [5, 5.41) is 0.0553. The maximum absolute atomic E-state index is 15.0. The van der Waals surface area contributed by atoms with Gasteiger partial charge in [0.15, 0.2) is 23.2 Å². The van der Waals surface area contributed by atoms with Gasteiger partial charge in [-0.1, -0.05) is 32.1 Å². The van der Waals surface area contributed by atoms with E-state index in [1.165, 1.54) is 31.4 Å². The molecule has 0 amide bonds. The summed E-state index contributed by atoms with van der Waals surface area (Å²) < 4.78 is 49.8. The lowest BCUT2D eigenvalue weighted by atomic mass is 9.64. The second kappa shape index (κ2) is 7.81. The molecule has 0 aliphatic heterocycles. The van der Waals surface area contributed by atoms with E-state index in [1.807, 2.05) is 0 Å². The molecule has 4 rings (SSSR count). The molecule has 0 N–H and O–H groups in total. The van der Waals surface area contributed by atoms with Gasteiger partial charge in [0.25, 0.3) is 0 Å². The Kier molecular flexibility index (Phi) is 5.39. The molecule has 2 fully saturated rings. The summed E-state index contributed by atoms with van der Waals surface area (Å²) in [6.45, 7) is 5.93. The molecule has 0 bridgehead atoms. The van der Waals surface area contributed by atoms with Crippen LogP contribution in [0.2, 0.25) is 0 Å². The third-order valence-corrected chi connectivity index (χ3v) is 6.79. The Hall–Kier alpha value is -1.97. The van der Waals surface area contributed by atoms with E-state index in [9.17, 15) is 13.2 Å². The number of halogens is 3. The molecule has 0 aromatic heterocycles. The highest BCUT2D eigenvalue weighted by molar-refractivity contribution is 5.86. The van der Waals surface area contributed by atoms with Crippen LogP contribution in [0.25, 0.3) is 10.8 Å². The zero-order valence-corrected chi connectivity index (χ0v) is 16.3. The van der Waals surface area contributed by atoms with E-state index in [4.69, 9.17) is 4.74 Å². The Morgan fingerprint density at radius 3 is 2.54 bits per heavy atom. The fourth-order valence-corrected chi connectivity index (χ4v) is 5.35. The second-order valence-corrected chi connectivity index (χ2v) is 8.62. The SMILES string of the molecule is C=CCOc1ccc2cc(C3CCC4CC(C)CCC4C3)c(F)c(F)c2c1F. The molecule has 2 saturated carbocycles. The van der Waals surface area contributed by atoms with Crippen LogP contribution < -0.4 is 4.74 Å². The van der Waals surface area contributed by atoms with Crippen molar-refractivity contribution < 1.29 is 17.9 Å². The fourth-order valence-electron chi connectivity index (χ4n) is 5.35. The lowest BCUT2D eigenvalue weighted by molar-refractivity contribution is 0.123. The third-order valence-electron chi connectivity index (χ3n) is 6.79. The molecular weight excluding hydrogens is 361 g/mol. The molecule has 150 valence electrons. The third kappa shape index (κ3) is 3.42. The molecule has 4 heteroatoms. The van der Waals surface area contributed by atoms with Crippen molar-refractivity contribution in [1.82, 2.24) is 0 Å². The Balaban J connectivity index is 1.67. The molecule has 2 aliphatic carbocycles. The minimum atomic E-state index is -1.10. The van der Waals surface area contributed by atoms with E-state index in [0.29, 0.717) is 16.9 Å². The lowest BCUT2D eigenvalue weighted by Gasteiger charge is -2.41. The van der Waals surface area contributed by atoms with Gasteiger partial charge in [0.05, 0.1) is 5.39 Å². The maximum atomic E-state index is 15.0. The highest BCUT2D eigenvalue weighted by Gasteiger charge is 2.36. The average molecular weight is 388 g/mol. The van der Waals surface area contributed by atoms with Gasteiger partial charge in [0.2, 0.25) is 0 Å². The quantitative estimate of drug-likeness (QED) is 0.506. The first kappa shape index (κ1) is 19.4. The Morgan fingerprint density at radius 1 is 1.00 bits per heavy atom. The monoisotopic (exact) mass is 388 g/mol. The summed E-state index contributed by atoms with van der Waals surface area (Å²) in [4.78, 5) is 0. The molecule has 0 heterocycles. The zero-order valence-electron chi connectivity index (χ0n) is 16.3. The Morgan fingerprint density at radius 2 is 1.75 bits per heavy atom. The summed E-state index contributed by atoms with van der Waals surface area (Å²) in [7, 11) is 0. The van der Waals surface area contributed by atoms with E-state index in [0.717, 1.165) is 31.1 Å². The molecule has 2 aliphatic rings. The highest BCUT2D eigenvalue weighted by Crippen LogP contribution is 2.48. The van der Waals surface area contributed by atoms with Crippen molar-refractivity contribution in [2.24, 2.45) is 17.8 Å². The first-order valence-corrected chi connectivity index (χ1v) is 10.3. The molecule has 0 saturated heterocycles. The standard InChI is InChI=1S/C24H27F3O/c1-3-10-28-20-9-8-18-13-19(22(25)24(27)21(18)23(20)26)17-7-6-15-11-14(2)4-5-16(15)12-17/h3,8-9,13-17H,1,4-7,10-12H2,2H3. The molecule has 2 aromatic carbocycles. The molecule has 2 aromatic rings. The van der Waals surface area contributed by atoms with Gasteiger partial charge in [0.1, 0.15) is 6.61 Å². The van der Waals surface area contributed by atoms with Gasteiger partial charge in [0, 0.05) is 0 Å². The van der Waals surface area contributed by atoms with Crippen LogP contribution in [0.1, 0.15) is 56.9 Å². The van der Waals surface area contributed by atoms with Crippen LogP contribution in [0.15, 0.2) is 30.9 Å². The van der Waals surface area contributed by atoms with Crippen molar-refractivity contribution in [1.29, 1.82) is 0 Å². The number of ether oxygens (including phenoxy) is 1. The van der Waals surface area contributed by atoms with E-state index < -0.39 is 17.5 Å². The Bertz CT molecular complexity index is 891. The highest BCUT2D eigenvalue weighted by atomic mass is 19.2. The van der Waals surface area contributed by atoms with Crippen molar-refractivity contribution in [2.75, 3.05) is 6.61 Å². The van der Waals surface area contributed by atoms with Crippen LogP contribution >= 0.6 is 0 Å². The van der Waals surface area contributed by atoms with Gasteiger partial charge in [-0.2, -0.15) is 0 Å². The van der Waals surface area contributed by atoms with Crippen LogP contribution in [-0.2, 0) is 0 Å². The summed E-state index contributed by atoms with van der Waals surface area (Å²) >= 11 is 0. The zero-order chi connectivity index (χ0) is 19.8. The van der Waals surface area contributed by atoms with Crippen molar-refractivity contribution in [2.45, 2.75) is 51.4 Å². The topological polar surface area (TPSA) is 9.23 Å². The minimum absolute atomic E-state index is 0.00769. The van der Waals surface area contributed by atoms with Gasteiger partial charge in [-0.3, -0.25) is 0 Å². The minimum Gasteiger partial charge on any atom is -0.486 e. The van der Waals surface area contributed by atoms with Gasteiger partial charge < -0.3 is 4.74 Å². The van der Waals surface area contributed by atoms with Crippen LogP contribution in [0.3, 0.4) is 0 Å². The van der Waals surface area contributed by atoms with E-state index in [-0.39, 0.29) is 23.7 Å². The molecule has 28 heavy (non-hydrogen) atoms. The summed E-state index contributed by atoms with van der Waals surface area (Å²) in [6, 6.07) is 4.73. The van der Waals surface area contributed by atoms with Crippen molar-refractivity contribution >= 4 is 10.8 Å². The lowest BCUT2D eigenvalue weighted by Crippen LogP contribution is -2.30. The maximum Gasteiger partial charge on any atom is 0.175 e. The number of fused-ring (bicyclic) bond motifs is 2. The van der Waals surface area contributed by atoms with Crippen molar-refractivity contribution in [3.05, 3.63) is 53.9 Å². The summed E-state index contributed by atoms with van der Waals surface area (Å²) in [5.74, 6) is -0.854. The van der Waals surface area contributed by atoms with Gasteiger partial charge in [-0.05, 0) is 78.9 Å². The predicted molar refractivity (Wildman–Crippen MR) is 106 cm³/mol. The summed E-state index contributed by atoms with van der Waals surface area (Å²) in [5.41, 5.74) is 0.404. The van der Waals surface area contributed by atoms with E-state index in [1.54, 1.807) is 12.1 Å². The normalized spacial score (nSPS) is 27.4. The van der Waals surface area contributed by atoms with Crippen LogP contribution in [0.4, 0.5) is 13.2 Å². The molecular formula is C24H27F3O. The fraction of sp³-hybridized carbons (Fsp3) is 0.500. The van der Waals surface area contributed by atoms with Gasteiger partial charge in [-0.25, -0.2) is 13.2 Å². The molecule has 4 unspecified atom stereocenters. The molecule has 0 spiro atoms. The largest absolute Gasteiger partial charge is 0.486 e. The number of hydrogen-bond acceptors (Lipinski definition) is 1.